The lowest BCUT2D eigenvalue weighted by Gasteiger charge is -2.23. The van der Waals surface area contributed by atoms with Crippen LogP contribution in [0.15, 0.2) is 35.4 Å². The third-order valence-electron chi connectivity index (χ3n) is 5.14. The van der Waals surface area contributed by atoms with E-state index in [1.54, 1.807) is 18.2 Å². The number of hydrogen-bond donors (Lipinski definition) is 1. The van der Waals surface area contributed by atoms with Crippen molar-refractivity contribution in [1.29, 1.82) is 0 Å². The molecule has 0 aliphatic heterocycles. The molecule has 3 rings (SSSR count). The number of amides is 1. The Kier molecular flexibility index (Phi) is 8.05. The van der Waals surface area contributed by atoms with Gasteiger partial charge in [-0.25, -0.2) is 0 Å². The molecule has 1 amide bonds. The number of rotatable bonds is 11. The maximum Gasteiger partial charge on any atom is 0.230 e. The van der Waals surface area contributed by atoms with Crippen LogP contribution in [0.2, 0.25) is 0 Å². The molecular weight excluding hydrogens is 424 g/mol. The Morgan fingerprint density at radius 3 is 2.30 bits per heavy atom. The number of fused-ring (bicyclic) bond motifs is 2. The summed E-state index contributed by atoms with van der Waals surface area (Å²) in [6.45, 7) is 4.45. The van der Waals surface area contributed by atoms with Crippen LogP contribution < -0.4 is 14.8 Å². The molecule has 0 radical (unpaired) electrons. The van der Waals surface area contributed by atoms with E-state index in [-0.39, 0.29) is 45.3 Å². The number of carbonyl (C=O) groups excluding carboxylic acids is 3. The lowest BCUT2D eigenvalue weighted by Crippen LogP contribution is -2.24. The number of nitrogens with one attached hydrogen (secondary N) is 1. The van der Waals surface area contributed by atoms with Gasteiger partial charge in [0.1, 0.15) is 18.0 Å². The molecule has 0 saturated carbocycles. The van der Waals surface area contributed by atoms with Crippen LogP contribution in [0.1, 0.15) is 71.4 Å². The fourth-order valence-corrected chi connectivity index (χ4v) is 3.51. The largest absolute Gasteiger partial charge is 0.493 e. The Balaban J connectivity index is 2.06. The van der Waals surface area contributed by atoms with Gasteiger partial charge < -0.3 is 14.8 Å². The summed E-state index contributed by atoms with van der Waals surface area (Å²) in [7, 11) is 0. The molecule has 33 heavy (non-hydrogen) atoms. The first-order valence-electron chi connectivity index (χ1n) is 11.0. The zero-order valence-electron chi connectivity index (χ0n) is 18.7. The number of benzene rings is 2. The van der Waals surface area contributed by atoms with E-state index in [0.29, 0.717) is 19.0 Å². The monoisotopic (exact) mass is 450 g/mol. The highest BCUT2D eigenvalue weighted by atomic mass is 16.5. The molecule has 0 unspecified atom stereocenters. The van der Waals surface area contributed by atoms with E-state index in [9.17, 15) is 14.4 Å². The number of hydrogen-bond acceptors (Lipinski definition) is 6. The van der Waals surface area contributed by atoms with Gasteiger partial charge >= 0.3 is 0 Å². The summed E-state index contributed by atoms with van der Waals surface area (Å²) in [4.78, 5) is 41.6. The number of ketones is 2. The van der Waals surface area contributed by atoms with Gasteiger partial charge in [0.05, 0.1) is 24.3 Å². The third kappa shape index (κ3) is 5.32. The molecule has 0 aromatic heterocycles. The summed E-state index contributed by atoms with van der Waals surface area (Å²) in [5, 5.41) is 5.83. The Hall–Kier alpha value is -3.84. The molecule has 0 spiro atoms. The molecule has 0 fully saturated rings. The van der Waals surface area contributed by atoms with Crippen molar-refractivity contribution in [1.82, 2.24) is 0 Å². The summed E-state index contributed by atoms with van der Waals surface area (Å²) in [6, 6.07) is 7.92. The summed E-state index contributed by atoms with van der Waals surface area (Å²) in [5.74, 6) is -0.672. The van der Waals surface area contributed by atoms with E-state index >= 15 is 0 Å². The first-order valence-corrected chi connectivity index (χ1v) is 11.0. The maximum absolute atomic E-state index is 13.6. The van der Waals surface area contributed by atoms with Crippen molar-refractivity contribution in [2.75, 3.05) is 25.1 Å². The average Bonchev–Trinajstić information content (AvgIpc) is 2.81. The minimum Gasteiger partial charge on any atom is -0.493 e. The lowest BCUT2D eigenvalue weighted by atomic mass is 9.82. The topological polar surface area (TPSA) is 130 Å². The van der Waals surface area contributed by atoms with Crippen molar-refractivity contribution >= 4 is 23.2 Å². The first-order chi connectivity index (χ1) is 16.0. The van der Waals surface area contributed by atoms with Crippen molar-refractivity contribution in [3.05, 3.63) is 63.0 Å². The molecule has 0 heterocycles. The smallest absolute Gasteiger partial charge is 0.230 e. The van der Waals surface area contributed by atoms with Crippen molar-refractivity contribution < 1.29 is 23.9 Å². The molecule has 172 valence electrons. The summed E-state index contributed by atoms with van der Waals surface area (Å²) >= 11 is 0. The van der Waals surface area contributed by atoms with Gasteiger partial charge in [-0.2, -0.15) is 0 Å². The standard InChI is InChI=1S/C24H26N4O5/c1-3-5-10-32-18-9-7-8-16-21(18)24(31)22-17(23(16)30)12-15(27-20(29)14-26-28-25)13-19(22)33-11-6-4-2/h7-9,12-13H,3-6,10-11,14H2,1-2H3,(H,27,29). The van der Waals surface area contributed by atoms with Crippen LogP contribution in [-0.2, 0) is 4.79 Å². The van der Waals surface area contributed by atoms with E-state index in [1.807, 2.05) is 13.8 Å². The van der Waals surface area contributed by atoms with E-state index in [4.69, 9.17) is 15.0 Å². The molecule has 2 aromatic rings. The molecule has 1 aliphatic carbocycles. The minimum atomic E-state index is -0.547. The second-order valence-electron chi connectivity index (χ2n) is 7.58. The van der Waals surface area contributed by atoms with E-state index in [2.05, 4.69) is 15.3 Å². The van der Waals surface area contributed by atoms with E-state index in [0.717, 1.165) is 25.7 Å². The minimum absolute atomic E-state index is 0.145. The van der Waals surface area contributed by atoms with Gasteiger partial charge in [-0.15, -0.1) is 0 Å². The van der Waals surface area contributed by atoms with Crippen molar-refractivity contribution in [3.63, 3.8) is 0 Å². The van der Waals surface area contributed by atoms with E-state index < -0.39 is 12.5 Å². The number of carbonyl (C=O) groups is 3. The van der Waals surface area contributed by atoms with Gasteiger partial charge in [0.2, 0.25) is 11.7 Å². The highest BCUT2D eigenvalue weighted by Crippen LogP contribution is 2.39. The van der Waals surface area contributed by atoms with Crippen LogP contribution in [0.4, 0.5) is 5.69 Å². The number of nitrogens with zero attached hydrogens (tertiary/aromatic N) is 3. The van der Waals surface area contributed by atoms with Crippen LogP contribution in [0.25, 0.3) is 10.4 Å². The Morgan fingerprint density at radius 1 is 0.970 bits per heavy atom. The number of unbranched alkanes of at least 4 members (excludes halogenated alkanes) is 2. The SMILES string of the molecule is CCCCOc1cccc2c1C(=O)c1c(OCCCC)cc(NC(=O)CN=[N+]=[N-])cc1C2=O. The zero-order valence-corrected chi connectivity index (χ0v) is 18.7. The van der Waals surface area contributed by atoms with Crippen LogP contribution in [0.3, 0.4) is 0 Å². The molecular formula is C24H26N4O5. The van der Waals surface area contributed by atoms with Crippen LogP contribution >= 0.6 is 0 Å². The fourth-order valence-electron chi connectivity index (χ4n) is 3.51. The Bertz CT molecular complexity index is 1120. The van der Waals surface area contributed by atoms with Crippen LogP contribution in [0, 0.1) is 0 Å². The van der Waals surface area contributed by atoms with Crippen molar-refractivity contribution in [3.8, 4) is 11.5 Å². The summed E-state index contributed by atoms with van der Waals surface area (Å²) < 4.78 is 11.7. The van der Waals surface area contributed by atoms with Crippen LogP contribution in [-0.4, -0.2) is 37.2 Å². The van der Waals surface area contributed by atoms with Gasteiger partial charge in [0, 0.05) is 27.8 Å². The number of azide groups is 1. The Labute approximate surface area is 191 Å². The van der Waals surface area contributed by atoms with E-state index in [1.165, 1.54) is 12.1 Å². The third-order valence-corrected chi connectivity index (χ3v) is 5.14. The molecule has 2 aromatic carbocycles. The lowest BCUT2D eigenvalue weighted by molar-refractivity contribution is -0.114. The number of anilines is 1. The number of ether oxygens (including phenoxy) is 2. The average molecular weight is 450 g/mol. The second kappa shape index (κ2) is 11.2. The predicted molar refractivity (Wildman–Crippen MR) is 123 cm³/mol. The summed E-state index contributed by atoms with van der Waals surface area (Å²) in [6.07, 6.45) is 3.41. The molecule has 1 N–H and O–H groups in total. The maximum atomic E-state index is 13.6. The quantitative estimate of drug-likeness (QED) is 0.189. The molecule has 9 heteroatoms. The van der Waals surface area contributed by atoms with Gasteiger partial charge in [0.15, 0.2) is 5.78 Å². The first kappa shape index (κ1) is 23.8. The zero-order chi connectivity index (χ0) is 23.8. The molecule has 0 atom stereocenters. The van der Waals surface area contributed by atoms with Gasteiger partial charge in [-0.1, -0.05) is 43.9 Å². The normalized spacial score (nSPS) is 11.8. The molecule has 0 bridgehead atoms. The van der Waals surface area contributed by atoms with Gasteiger partial charge in [-0.05, 0) is 30.5 Å². The van der Waals surface area contributed by atoms with Crippen molar-refractivity contribution in [2.24, 2.45) is 5.11 Å². The highest BCUT2D eigenvalue weighted by Gasteiger charge is 2.35. The van der Waals surface area contributed by atoms with Crippen LogP contribution in [0.5, 0.6) is 11.5 Å². The second-order valence-corrected chi connectivity index (χ2v) is 7.58. The fraction of sp³-hybridized carbons (Fsp3) is 0.375. The van der Waals surface area contributed by atoms with Crippen molar-refractivity contribution in [2.45, 2.75) is 39.5 Å². The Morgan fingerprint density at radius 2 is 1.64 bits per heavy atom. The summed E-state index contributed by atoms with van der Waals surface area (Å²) in [5.41, 5.74) is 9.47. The molecule has 9 nitrogen and oxygen atoms in total. The highest BCUT2D eigenvalue weighted by molar-refractivity contribution is 6.30. The predicted octanol–water partition coefficient (Wildman–Crippen LogP) is 5.07. The molecule has 1 aliphatic rings. The van der Waals surface area contributed by atoms with Gasteiger partial charge in [0.25, 0.3) is 0 Å². The molecule has 0 saturated heterocycles. The van der Waals surface area contributed by atoms with Gasteiger partial charge in [-0.3, -0.25) is 14.4 Å².